The average molecular weight is 520 g/mol. The number of pyridine rings is 1. The fraction of sp³-hybridized carbons (Fsp3) is 0.423. The molecule has 3 aliphatic rings. The highest BCUT2D eigenvalue weighted by atomic mass is 32.2. The Bertz CT molecular complexity index is 1540. The third kappa shape index (κ3) is 4.51. The van der Waals surface area contributed by atoms with E-state index in [2.05, 4.69) is 10.2 Å². The van der Waals surface area contributed by atoms with Crippen LogP contribution in [0.2, 0.25) is 0 Å². The van der Waals surface area contributed by atoms with E-state index < -0.39 is 37.5 Å². The molecule has 1 N–H and O–H groups in total. The van der Waals surface area contributed by atoms with Gasteiger partial charge >= 0.3 is 0 Å². The number of nitrogens with zero attached hydrogens (tertiary/aromatic N) is 4. The topological polar surface area (TPSA) is 134 Å². The number of aromatic nitrogens is 1. The second-order valence-corrected chi connectivity index (χ2v) is 12.5. The molecule has 0 spiro atoms. The van der Waals surface area contributed by atoms with Gasteiger partial charge in [0.1, 0.15) is 17.0 Å². The van der Waals surface area contributed by atoms with E-state index in [-0.39, 0.29) is 43.2 Å². The second kappa shape index (κ2) is 8.86. The number of hydrogen-bond donors (Lipinski definition) is 1. The van der Waals surface area contributed by atoms with Gasteiger partial charge < -0.3 is 19.6 Å². The Kier molecular flexibility index (Phi) is 5.92. The van der Waals surface area contributed by atoms with E-state index in [0.29, 0.717) is 31.2 Å². The van der Waals surface area contributed by atoms with Crippen LogP contribution in [-0.4, -0.2) is 58.8 Å². The molecule has 10 nitrogen and oxygen atoms in total. The van der Waals surface area contributed by atoms with Crippen LogP contribution >= 0.6 is 0 Å². The average Bonchev–Trinajstić information content (AvgIpc) is 3.82. The molecule has 0 radical (unpaired) electrons. The monoisotopic (exact) mass is 519 g/mol. The van der Waals surface area contributed by atoms with Gasteiger partial charge in [0, 0.05) is 39.0 Å². The lowest BCUT2D eigenvalue weighted by Gasteiger charge is -2.32. The van der Waals surface area contributed by atoms with Crippen LogP contribution in [0, 0.1) is 17.9 Å². The van der Waals surface area contributed by atoms with Gasteiger partial charge in [-0.3, -0.25) is 14.4 Å². The molecule has 1 aromatic heterocycles. The lowest BCUT2D eigenvalue weighted by atomic mass is 10.1. The van der Waals surface area contributed by atoms with Crippen LogP contribution in [0.15, 0.2) is 41.2 Å². The minimum Gasteiger partial charge on any atom is -0.348 e. The summed E-state index contributed by atoms with van der Waals surface area (Å²) in [7, 11) is -3.56. The van der Waals surface area contributed by atoms with Gasteiger partial charge in [0.15, 0.2) is 9.84 Å². The number of amides is 2. The summed E-state index contributed by atoms with van der Waals surface area (Å²) in [5.74, 6) is -1.18. The quantitative estimate of drug-likeness (QED) is 0.526. The highest BCUT2D eigenvalue weighted by Gasteiger charge is 2.63. The molecular weight excluding hydrogens is 494 g/mol. The van der Waals surface area contributed by atoms with E-state index in [1.165, 1.54) is 21.6 Å². The third-order valence-electron chi connectivity index (χ3n) is 7.52. The molecule has 2 fully saturated rings. The number of carbonyl (C=O) groups is 2. The molecule has 0 saturated heterocycles. The summed E-state index contributed by atoms with van der Waals surface area (Å²) < 4.78 is 26.5. The number of sulfone groups is 1. The van der Waals surface area contributed by atoms with Gasteiger partial charge in [-0.05, 0) is 42.7 Å². The van der Waals surface area contributed by atoms with Gasteiger partial charge in [-0.1, -0.05) is 12.1 Å². The molecule has 1 aliphatic heterocycles. The minimum absolute atomic E-state index is 0.0449. The van der Waals surface area contributed by atoms with E-state index in [1.54, 1.807) is 24.3 Å². The van der Waals surface area contributed by atoms with Crippen molar-refractivity contribution in [2.75, 3.05) is 18.8 Å². The minimum atomic E-state index is -3.56. The Morgan fingerprint density at radius 1 is 1.08 bits per heavy atom. The predicted molar refractivity (Wildman–Crippen MR) is 133 cm³/mol. The zero-order chi connectivity index (χ0) is 26.4. The number of nitrogens with one attached hydrogen (secondary N) is 1. The first kappa shape index (κ1) is 24.7. The van der Waals surface area contributed by atoms with Gasteiger partial charge in [-0.25, -0.2) is 15.0 Å². The van der Waals surface area contributed by atoms with Crippen LogP contribution in [0.3, 0.4) is 0 Å². The van der Waals surface area contributed by atoms with Crippen molar-refractivity contribution in [3.8, 4) is 6.07 Å². The number of carbonyl (C=O) groups excluding carboxylic acids is 2. The maximum Gasteiger partial charge on any atom is 0.270 e. The number of nitriles is 1. The van der Waals surface area contributed by atoms with Crippen molar-refractivity contribution < 1.29 is 18.0 Å². The normalized spacial score (nSPS) is 18.8. The Hall–Kier alpha value is -3.96. The van der Waals surface area contributed by atoms with E-state index in [1.807, 2.05) is 6.07 Å². The molecule has 0 unspecified atom stereocenters. The van der Waals surface area contributed by atoms with Crippen molar-refractivity contribution >= 4 is 21.7 Å². The molecule has 2 saturated carbocycles. The summed E-state index contributed by atoms with van der Waals surface area (Å²) in [5.41, 5.74) is -0.0746. The Morgan fingerprint density at radius 3 is 2.38 bits per heavy atom. The van der Waals surface area contributed by atoms with E-state index >= 15 is 0 Å². The summed E-state index contributed by atoms with van der Waals surface area (Å²) in [6.45, 7) is 7.84. The largest absolute Gasteiger partial charge is 0.348 e. The Labute approximate surface area is 214 Å². The van der Waals surface area contributed by atoms with Crippen LogP contribution in [0.1, 0.15) is 57.7 Å². The highest BCUT2D eigenvalue weighted by molar-refractivity contribution is 7.93. The van der Waals surface area contributed by atoms with Crippen molar-refractivity contribution in [3.63, 3.8) is 0 Å². The SMILES string of the molecule is [C-]#[N+]C1(CS(=O)(=O)C2(CN3CCn4c(ccc(C(=O)NCc5ccc(C#N)cc5)c4=O)C3=O)CC2)CC1. The number of rotatable bonds is 8. The Morgan fingerprint density at radius 2 is 1.78 bits per heavy atom. The predicted octanol–water partition coefficient (Wildman–Crippen LogP) is 1.51. The Balaban J connectivity index is 1.28. The van der Waals surface area contributed by atoms with Crippen LogP contribution in [0.4, 0.5) is 0 Å². The fourth-order valence-electron chi connectivity index (χ4n) is 4.76. The highest BCUT2D eigenvalue weighted by Crippen LogP contribution is 2.50. The van der Waals surface area contributed by atoms with Gasteiger partial charge in [0.2, 0.25) is 5.54 Å². The summed E-state index contributed by atoms with van der Waals surface area (Å²) in [6.07, 6.45) is 2.10. The standard InChI is InChI=1S/C26H25N5O5S/c1-28-25(8-9-25)17-37(35,36)26(10-11-26)16-30-12-13-31-21(24(30)34)7-6-20(23(31)33)22(32)29-15-19-4-2-18(14-27)3-5-19/h2-7H,8-13,15-17H2,(H,29,32). The smallest absolute Gasteiger partial charge is 0.270 e. The van der Waals surface area contributed by atoms with Crippen LogP contribution < -0.4 is 10.9 Å². The van der Waals surface area contributed by atoms with Crippen molar-refractivity contribution in [3.05, 3.63) is 80.6 Å². The molecule has 1 aromatic carbocycles. The molecule has 2 amide bonds. The summed E-state index contributed by atoms with van der Waals surface area (Å²) in [4.78, 5) is 43.9. The van der Waals surface area contributed by atoms with Gasteiger partial charge in [-0.15, -0.1) is 0 Å². The molecule has 11 heteroatoms. The van der Waals surface area contributed by atoms with E-state index in [9.17, 15) is 22.8 Å². The lowest BCUT2D eigenvalue weighted by molar-refractivity contribution is 0.0695. The van der Waals surface area contributed by atoms with E-state index in [4.69, 9.17) is 11.8 Å². The van der Waals surface area contributed by atoms with Crippen LogP contribution in [0.5, 0.6) is 0 Å². The van der Waals surface area contributed by atoms with Crippen molar-refractivity contribution in [2.45, 2.75) is 49.1 Å². The zero-order valence-electron chi connectivity index (χ0n) is 20.1. The summed E-state index contributed by atoms with van der Waals surface area (Å²) >= 11 is 0. The van der Waals surface area contributed by atoms with Gasteiger partial charge in [0.25, 0.3) is 17.4 Å². The van der Waals surface area contributed by atoms with E-state index in [0.717, 1.165) is 5.56 Å². The molecule has 2 aromatic rings. The fourth-order valence-corrected chi connectivity index (χ4v) is 7.21. The molecule has 2 aliphatic carbocycles. The van der Waals surface area contributed by atoms with Crippen LogP contribution in [0.25, 0.3) is 4.85 Å². The molecule has 190 valence electrons. The maximum absolute atomic E-state index is 13.2. The van der Waals surface area contributed by atoms with Gasteiger partial charge in [0.05, 0.1) is 16.4 Å². The number of benzene rings is 1. The molecular formula is C26H25N5O5S. The molecule has 0 bridgehead atoms. The second-order valence-electron chi connectivity index (χ2n) is 10.1. The first-order chi connectivity index (χ1) is 17.6. The zero-order valence-corrected chi connectivity index (χ0v) is 20.9. The first-order valence-electron chi connectivity index (χ1n) is 12.0. The first-order valence-corrected chi connectivity index (χ1v) is 13.7. The lowest BCUT2D eigenvalue weighted by Crippen LogP contribution is -2.50. The van der Waals surface area contributed by atoms with Crippen molar-refractivity contribution in [1.82, 2.24) is 14.8 Å². The molecule has 5 rings (SSSR count). The van der Waals surface area contributed by atoms with Crippen LogP contribution in [-0.2, 0) is 22.9 Å². The number of hydrogen-bond acceptors (Lipinski definition) is 6. The van der Waals surface area contributed by atoms with Gasteiger partial charge in [-0.2, -0.15) is 5.26 Å². The van der Waals surface area contributed by atoms with Crippen molar-refractivity contribution in [1.29, 1.82) is 5.26 Å². The molecule has 0 atom stereocenters. The molecule has 37 heavy (non-hydrogen) atoms. The summed E-state index contributed by atoms with van der Waals surface area (Å²) in [5, 5.41) is 11.6. The maximum atomic E-state index is 13.2. The molecule has 2 heterocycles. The summed E-state index contributed by atoms with van der Waals surface area (Å²) in [6, 6.07) is 11.5. The number of fused-ring (bicyclic) bond motifs is 1. The third-order valence-corrected chi connectivity index (χ3v) is 10.3. The van der Waals surface area contributed by atoms with Crippen molar-refractivity contribution in [2.24, 2.45) is 0 Å².